The van der Waals surface area contributed by atoms with Gasteiger partial charge in [-0.3, -0.25) is 4.21 Å². The molecule has 0 amide bonds. The van der Waals surface area contributed by atoms with E-state index in [1.807, 2.05) is 6.92 Å². The summed E-state index contributed by atoms with van der Waals surface area (Å²) in [4.78, 5) is 1.07. The Bertz CT molecular complexity index is 182. The lowest BCUT2D eigenvalue weighted by Gasteiger charge is -2.12. The fraction of sp³-hybridized carbons (Fsp3) is 0.750. The monoisotopic (exact) mass is 158 g/mol. The van der Waals surface area contributed by atoms with E-state index in [0.29, 0.717) is 11.2 Å². The van der Waals surface area contributed by atoms with E-state index >= 15 is 0 Å². The Hall–Kier alpha value is -0.110. The predicted octanol–water partition coefficient (Wildman–Crippen LogP) is 2.07. The summed E-state index contributed by atoms with van der Waals surface area (Å²) in [5, 5.41) is 0.389. The van der Waals surface area contributed by atoms with Crippen LogP contribution >= 0.6 is 0 Å². The molecule has 58 valence electrons. The van der Waals surface area contributed by atoms with E-state index in [0.717, 1.165) is 11.3 Å². The number of allylic oxidation sites excluding steroid dienone is 2. The van der Waals surface area contributed by atoms with Crippen molar-refractivity contribution < 1.29 is 4.21 Å². The average molecular weight is 158 g/mol. The van der Waals surface area contributed by atoms with Gasteiger partial charge in [0, 0.05) is 10.2 Å². The number of rotatable bonds is 1. The van der Waals surface area contributed by atoms with Gasteiger partial charge in [-0.05, 0) is 19.3 Å². The molecular weight excluding hydrogens is 144 g/mol. The first-order valence-electron chi connectivity index (χ1n) is 3.70. The van der Waals surface area contributed by atoms with Crippen LogP contribution in [-0.2, 0) is 10.8 Å². The Kier molecular flexibility index (Phi) is 2.29. The Morgan fingerprint density at radius 3 is 2.50 bits per heavy atom. The van der Waals surface area contributed by atoms with Gasteiger partial charge in [0.25, 0.3) is 0 Å². The number of hydrogen-bond donors (Lipinski definition) is 0. The summed E-state index contributed by atoms with van der Waals surface area (Å²) in [5.41, 5.74) is 0. The van der Waals surface area contributed by atoms with Gasteiger partial charge in [0.15, 0.2) is 0 Å². The van der Waals surface area contributed by atoms with E-state index in [-0.39, 0.29) is 0 Å². The van der Waals surface area contributed by atoms with Crippen LogP contribution in [0.1, 0.15) is 27.2 Å². The molecule has 0 aromatic carbocycles. The second-order valence-corrected chi connectivity index (χ2v) is 4.97. The van der Waals surface area contributed by atoms with Crippen molar-refractivity contribution in [3.63, 3.8) is 0 Å². The summed E-state index contributed by atoms with van der Waals surface area (Å²) in [6, 6.07) is 0. The highest BCUT2D eigenvalue weighted by Gasteiger charge is 2.25. The average Bonchev–Trinajstić information content (AvgIpc) is 2.14. The van der Waals surface area contributed by atoms with Crippen LogP contribution < -0.4 is 0 Å². The van der Waals surface area contributed by atoms with Crippen LogP contribution in [0.2, 0.25) is 0 Å². The van der Waals surface area contributed by atoms with Crippen molar-refractivity contribution in [1.82, 2.24) is 0 Å². The molecule has 1 nitrogen and oxygen atoms in total. The molecule has 2 atom stereocenters. The van der Waals surface area contributed by atoms with E-state index < -0.39 is 10.8 Å². The highest BCUT2D eigenvalue weighted by molar-refractivity contribution is 7.89. The van der Waals surface area contributed by atoms with E-state index in [9.17, 15) is 4.21 Å². The lowest BCUT2D eigenvalue weighted by molar-refractivity contribution is 0.592. The highest BCUT2D eigenvalue weighted by atomic mass is 32.2. The van der Waals surface area contributed by atoms with Crippen LogP contribution in [0, 0.1) is 5.92 Å². The zero-order valence-electron chi connectivity index (χ0n) is 6.76. The van der Waals surface area contributed by atoms with Crippen molar-refractivity contribution in [2.75, 3.05) is 0 Å². The molecule has 1 heterocycles. The molecular formula is C8H14OS. The zero-order chi connectivity index (χ0) is 7.72. The van der Waals surface area contributed by atoms with Crippen molar-refractivity contribution >= 4 is 10.8 Å². The van der Waals surface area contributed by atoms with Crippen molar-refractivity contribution in [2.45, 2.75) is 32.4 Å². The Labute approximate surface area is 65.0 Å². The maximum atomic E-state index is 11.4. The topological polar surface area (TPSA) is 17.1 Å². The second kappa shape index (κ2) is 2.87. The van der Waals surface area contributed by atoms with Gasteiger partial charge in [-0.15, -0.1) is 0 Å². The van der Waals surface area contributed by atoms with Gasteiger partial charge < -0.3 is 0 Å². The summed E-state index contributed by atoms with van der Waals surface area (Å²) < 4.78 is 11.4. The van der Waals surface area contributed by atoms with Crippen LogP contribution in [-0.4, -0.2) is 9.46 Å². The zero-order valence-corrected chi connectivity index (χ0v) is 7.57. The minimum Gasteiger partial charge on any atom is -0.254 e. The lowest BCUT2D eigenvalue weighted by Crippen LogP contribution is -2.16. The molecule has 10 heavy (non-hydrogen) atoms. The standard InChI is InChI=1S/C8H14OS/c1-6(2)8-5-4-7(3)10(8)9/h4,6,8H,5H2,1-3H3/t8-,10+/m0/s1. The SMILES string of the molecule is CC1=CC[C@@H](C(C)C)[S@@]1=O. The molecule has 1 rings (SSSR count). The van der Waals surface area contributed by atoms with Gasteiger partial charge in [-0.25, -0.2) is 0 Å². The molecule has 0 saturated carbocycles. The van der Waals surface area contributed by atoms with Crippen LogP contribution in [0.3, 0.4) is 0 Å². The molecule has 1 aliphatic heterocycles. The molecule has 0 spiro atoms. The molecule has 0 unspecified atom stereocenters. The van der Waals surface area contributed by atoms with Crippen LogP contribution in [0.5, 0.6) is 0 Å². The van der Waals surface area contributed by atoms with Crippen LogP contribution in [0.4, 0.5) is 0 Å². The third-order valence-electron chi connectivity index (χ3n) is 1.97. The summed E-state index contributed by atoms with van der Waals surface area (Å²) in [6.07, 6.45) is 3.11. The van der Waals surface area contributed by atoms with Gasteiger partial charge in [0.05, 0.1) is 10.8 Å². The van der Waals surface area contributed by atoms with Crippen molar-refractivity contribution in [2.24, 2.45) is 5.92 Å². The molecule has 1 aliphatic rings. The third-order valence-corrected chi connectivity index (χ3v) is 4.06. The third kappa shape index (κ3) is 1.31. The fourth-order valence-corrected chi connectivity index (χ4v) is 2.71. The van der Waals surface area contributed by atoms with Gasteiger partial charge in [0.2, 0.25) is 0 Å². The molecule has 0 bridgehead atoms. The molecule has 0 fully saturated rings. The maximum Gasteiger partial charge on any atom is 0.0519 e. The van der Waals surface area contributed by atoms with E-state index in [2.05, 4.69) is 19.9 Å². The van der Waals surface area contributed by atoms with Gasteiger partial charge in [-0.2, -0.15) is 0 Å². The maximum absolute atomic E-state index is 11.4. The first-order chi connectivity index (χ1) is 4.63. The normalized spacial score (nSPS) is 33.0. The van der Waals surface area contributed by atoms with E-state index in [1.54, 1.807) is 0 Å². The Morgan fingerprint density at radius 2 is 2.30 bits per heavy atom. The molecule has 2 heteroatoms. The lowest BCUT2D eigenvalue weighted by atomic mass is 10.1. The molecule has 0 radical (unpaired) electrons. The van der Waals surface area contributed by atoms with E-state index in [1.165, 1.54) is 0 Å². The second-order valence-electron chi connectivity index (χ2n) is 3.13. The van der Waals surface area contributed by atoms with Crippen LogP contribution in [0.15, 0.2) is 11.0 Å². The highest BCUT2D eigenvalue weighted by Crippen LogP contribution is 2.25. The first-order valence-corrected chi connectivity index (χ1v) is 4.91. The minimum atomic E-state index is -0.674. The fourth-order valence-electron chi connectivity index (χ4n) is 1.21. The van der Waals surface area contributed by atoms with Crippen molar-refractivity contribution in [3.05, 3.63) is 11.0 Å². The van der Waals surface area contributed by atoms with Crippen LogP contribution in [0.25, 0.3) is 0 Å². The molecule has 0 aliphatic carbocycles. The Morgan fingerprint density at radius 1 is 1.70 bits per heavy atom. The van der Waals surface area contributed by atoms with E-state index in [4.69, 9.17) is 0 Å². The summed E-state index contributed by atoms with van der Waals surface area (Å²) in [7, 11) is -0.674. The summed E-state index contributed by atoms with van der Waals surface area (Å²) in [5.74, 6) is 0.550. The van der Waals surface area contributed by atoms with Crippen molar-refractivity contribution in [1.29, 1.82) is 0 Å². The quantitative estimate of drug-likeness (QED) is 0.571. The number of hydrogen-bond acceptors (Lipinski definition) is 1. The molecule has 0 N–H and O–H groups in total. The Balaban J connectivity index is 2.65. The smallest absolute Gasteiger partial charge is 0.0519 e. The largest absolute Gasteiger partial charge is 0.254 e. The first kappa shape index (κ1) is 7.99. The van der Waals surface area contributed by atoms with Gasteiger partial charge in [-0.1, -0.05) is 19.9 Å². The molecule has 0 saturated heterocycles. The predicted molar refractivity (Wildman–Crippen MR) is 45.1 cm³/mol. The molecule has 0 aromatic rings. The minimum absolute atomic E-state index is 0.389. The summed E-state index contributed by atoms with van der Waals surface area (Å²) in [6.45, 7) is 6.22. The van der Waals surface area contributed by atoms with Crippen molar-refractivity contribution in [3.8, 4) is 0 Å². The van der Waals surface area contributed by atoms with Gasteiger partial charge in [0.1, 0.15) is 0 Å². The summed E-state index contributed by atoms with van der Waals surface area (Å²) >= 11 is 0. The molecule has 0 aromatic heterocycles. The van der Waals surface area contributed by atoms with Gasteiger partial charge >= 0.3 is 0 Å².